The van der Waals surface area contributed by atoms with Crippen molar-refractivity contribution in [3.8, 4) is 22.8 Å². The van der Waals surface area contributed by atoms with Gasteiger partial charge in [-0.15, -0.1) is 0 Å². The Morgan fingerprint density at radius 1 is 1.06 bits per heavy atom. The monoisotopic (exact) mass is 462 g/mol. The predicted octanol–water partition coefficient (Wildman–Crippen LogP) is 6.44. The van der Waals surface area contributed by atoms with Gasteiger partial charge in [-0.1, -0.05) is 43.4 Å². The van der Waals surface area contributed by atoms with Crippen molar-refractivity contribution in [1.29, 1.82) is 0 Å². The lowest BCUT2D eigenvalue weighted by molar-refractivity contribution is 0.261. The number of nitrogens with zero attached hydrogens (tertiary/aromatic N) is 2. The Morgan fingerprint density at radius 3 is 2.64 bits per heavy atom. The van der Waals surface area contributed by atoms with Crippen molar-refractivity contribution in [3.05, 3.63) is 60.8 Å². The van der Waals surface area contributed by atoms with Crippen LogP contribution in [0, 0.1) is 5.92 Å². The number of methoxy groups -OCH3 is 1. The summed E-state index contributed by atoms with van der Waals surface area (Å²) in [5.74, 6) is 1.77. The molecule has 0 fully saturated rings. The van der Waals surface area contributed by atoms with E-state index in [4.69, 9.17) is 9.47 Å². The quantitative estimate of drug-likeness (QED) is 0.315. The third-order valence-electron chi connectivity index (χ3n) is 4.98. The van der Waals surface area contributed by atoms with Crippen molar-refractivity contribution in [2.75, 3.05) is 24.4 Å². The van der Waals surface area contributed by atoms with Gasteiger partial charge in [0.05, 0.1) is 29.6 Å². The third-order valence-corrected chi connectivity index (χ3v) is 5.91. The van der Waals surface area contributed by atoms with Gasteiger partial charge in [-0.3, -0.25) is 5.32 Å². The molecule has 2 amide bonds. The van der Waals surface area contributed by atoms with Crippen LogP contribution in [-0.4, -0.2) is 29.7 Å². The maximum atomic E-state index is 12.6. The highest BCUT2D eigenvalue weighted by Crippen LogP contribution is 2.31. The summed E-state index contributed by atoms with van der Waals surface area (Å²) in [7, 11) is 1.59. The molecular formula is C25H26N4O3S. The lowest BCUT2D eigenvalue weighted by Gasteiger charge is -2.13. The van der Waals surface area contributed by atoms with E-state index in [9.17, 15) is 4.79 Å². The molecule has 0 spiro atoms. The van der Waals surface area contributed by atoms with E-state index in [1.807, 2.05) is 54.6 Å². The number of para-hydroxylation sites is 2. The Labute approximate surface area is 196 Å². The van der Waals surface area contributed by atoms with Crippen molar-refractivity contribution < 1.29 is 14.3 Å². The van der Waals surface area contributed by atoms with Crippen LogP contribution < -0.4 is 20.1 Å². The van der Waals surface area contributed by atoms with Crippen LogP contribution in [0.3, 0.4) is 0 Å². The number of aromatic nitrogens is 2. The number of rotatable bonds is 8. The van der Waals surface area contributed by atoms with Crippen LogP contribution in [-0.2, 0) is 0 Å². The van der Waals surface area contributed by atoms with Gasteiger partial charge in [0.25, 0.3) is 0 Å². The molecule has 170 valence electrons. The second kappa shape index (κ2) is 10.3. The minimum atomic E-state index is -0.367. The van der Waals surface area contributed by atoms with E-state index in [0.29, 0.717) is 35.0 Å². The molecule has 0 bridgehead atoms. The molecule has 7 nitrogen and oxygen atoms in total. The number of pyridine rings is 1. The smallest absolute Gasteiger partial charge is 0.325 e. The zero-order valence-corrected chi connectivity index (χ0v) is 19.6. The first kappa shape index (κ1) is 22.5. The van der Waals surface area contributed by atoms with E-state index in [2.05, 4.69) is 34.4 Å². The van der Waals surface area contributed by atoms with Crippen LogP contribution in [0.2, 0.25) is 0 Å². The highest BCUT2D eigenvalue weighted by atomic mass is 32.1. The first-order valence-corrected chi connectivity index (χ1v) is 11.5. The number of urea groups is 1. The number of carbonyl (C=O) groups is 1. The van der Waals surface area contributed by atoms with Gasteiger partial charge in [-0.25, -0.2) is 14.8 Å². The van der Waals surface area contributed by atoms with E-state index < -0.39 is 0 Å². The summed E-state index contributed by atoms with van der Waals surface area (Å²) < 4.78 is 11.9. The Kier molecular flexibility index (Phi) is 7.04. The molecular weight excluding hydrogens is 436 g/mol. The molecule has 2 aromatic heterocycles. The average molecular weight is 463 g/mol. The van der Waals surface area contributed by atoms with Crippen LogP contribution in [0.5, 0.6) is 11.6 Å². The molecule has 4 aromatic rings. The number of benzene rings is 2. The van der Waals surface area contributed by atoms with Crippen LogP contribution in [0.25, 0.3) is 21.3 Å². The molecule has 0 aliphatic heterocycles. The minimum Gasteiger partial charge on any atom is -0.491 e. The number of hydrogen-bond acceptors (Lipinski definition) is 6. The number of carbonyl (C=O) groups excluding carboxylic acids is 1. The molecule has 0 radical (unpaired) electrons. The molecule has 4 rings (SSSR count). The van der Waals surface area contributed by atoms with Crippen LogP contribution >= 0.6 is 11.3 Å². The number of anilines is 2. The molecule has 8 heteroatoms. The van der Waals surface area contributed by atoms with E-state index in [1.54, 1.807) is 13.3 Å². The van der Waals surface area contributed by atoms with E-state index in [-0.39, 0.29) is 6.03 Å². The Bertz CT molecular complexity index is 1240. The summed E-state index contributed by atoms with van der Waals surface area (Å²) in [6.45, 7) is 4.90. The van der Waals surface area contributed by atoms with Gasteiger partial charge in [0.15, 0.2) is 5.13 Å². The zero-order chi connectivity index (χ0) is 23.2. The van der Waals surface area contributed by atoms with Crippen LogP contribution in [0.4, 0.5) is 15.6 Å². The fourth-order valence-electron chi connectivity index (χ4n) is 3.18. The Balaban J connectivity index is 1.44. The predicted molar refractivity (Wildman–Crippen MR) is 133 cm³/mol. The van der Waals surface area contributed by atoms with Crippen LogP contribution in [0.15, 0.2) is 60.8 Å². The number of nitrogens with one attached hydrogen (secondary N) is 2. The van der Waals surface area contributed by atoms with E-state index in [1.165, 1.54) is 11.3 Å². The van der Waals surface area contributed by atoms with Crippen molar-refractivity contribution in [1.82, 2.24) is 9.97 Å². The summed E-state index contributed by atoms with van der Waals surface area (Å²) in [5, 5.41) is 6.21. The zero-order valence-electron chi connectivity index (χ0n) is 18.8. The van der Waals surface area contributed by atoms with Crippen molar-refractivity contribution in [2.45, 2.75) is 20.3 Å². The summed E-state index contributed by atoms with van der Waals surface area (Å²) in [5.41, 5.74) is 3.43. The second-order valence-corrected chi connectivity index (χ2v) is 8.93. The second-order valence-electron chi connectivity index (χ2n) is 7.90. The topological polar surface area (TPSA) is 85.4 Å². The Morgan fingerprint density at radius 2 is 1.88 bits per heavy atom. The highest BCUT2D eigenvalue weighted by molar-refractivity contribution is 7.22. The first-order chi connectivity index (χ1) is 16.0. The lowest BCUT2D eigenvalue weighted by Crippen LogP contribution is -2.19. The molecule has 2 N–H and O–H groups in total. The lowest BCUT2D eigenvalue weighted by atomic mass is 10.1. The minimum absolute atomic E-state index is 0.367. The molecule has 2 aromatic carbocycles. The average Bonchev–Trinajstić information content (AvgIpc) is 3.21. The Hall–Kier alpha value is -3.65. The SMILES string of the molecule is COc1ccc(-c2ccc3nc(NC(=O)Nc4ccccc4OCCC(C)C)sc3c2)cn1. The standard InChI is InChI=1S/C25H26N4O3S/c1-16(2)12-13-32-21-7-5-4-6-19(21)27-24(30)29-25-28-20-10-8-17(14-22(20)33-25)18-9-11-23(31-3)26-15-18/h4-11,14-16H,12-13H2,1-3H3,(H2,27,28,29,30). The number of fused-ring (bicyclic) bond motifs is 1. The number of hydrogen-bond donors (Lipinski definition) is 2. The summed E-state index contributed by atoms with van der Waals surface area (Å²) >= 11 is 1.41. The van der Waals surface area contributed by atoms with Crippen molar-refractivity contribution >= 4 is 38.4 Å². The molecule has 0 aliphatic rings. The molecule has 0 saturated heterocycles. The van der Waals surface area contributed by atoms with Crippen LogP contribution in [0.1, 0.15) is 20.3 Å². The van der Waals surface area contributed by atoms with Gasteiger partial charge in [-0.2, -0.15) is 0 Å². The molecule has 0 aliphatic carbocycles. The van der Waals surface area contributed by atoms with Gasteiger partial charge in [0.2, 0.25) is 5.88 Å². The van der Waals surface area contributed by atoms with E-state index >= 15 is 0 Å². The molecule has 0 unspecified atom stereocenters. The number of amides is 2. The molecule has 0 atom stereocenters. The molecule has 33 heavy (non-hydrogen) atoms. The van der Waals surface area contributed by atoms with E-state index in [0.717, 1.165) is 27.8 Å². The maximum Gasteiger partial charge on any atom is 0.325 e. The van der Waals surface area contributed by atoms with Gasteiger partial charge >= 0.3 is 6.03 Å². The molecule has 0 saturated carbocycles. The molecule has 2 heterocycles. The third kappa shape index (κ3) is 5.78. The van der Waals surface area contributed by atoms with Crippen molar-refractivity contribution in [2.24, 2.45) is 5.92 Å². The highest BCUT2D eigenvalue weighted by Gasteiger charge is 2.12. The van der Waals surface area contributed by atoms with Gasteiger partial charge in [0, 0.05) is 17.8 Å². The van der Waals surface area contributed by atoms with Crippen molar-refractivity contribution in [3.63, 3.8) is 0 Å². The summed E-state index contributed by atoms with van der Waals surface area (Å²) in [4.78, 5) is 21.4. The normalized spacial score (nSPS) is 10.9. The first-order valence-electron chi connectivity index (χ1n) is 10.7. The fourth-order valence-corrected chi connectivity index (χ4v) is 4.08. The van der Waals surface area contributed by atoms with Gasteiger partial charge in [0.1, 0.15) is 5.75 Å². The largest absolute Gasteiger partial charge is 0.491 e. The number of ether oxygens (including phenoxy) is 2. The van der Waals surface area contributed by atoms with Gasteiger partial charge < -0.3 is 14.8 Å². The maximum absolute atomic E-state index is 12.6. The number of thiazole rings is 1. The summed E-state index contributed by atoms with van der Waals surface area (Å²) in [6, 6.07) is 16.8. The fraction of sp³-hybridized carbons (Fsp3) is 0.240. The summed E-state index contributed by atoms with van der Waals surface area (Å²) in [6.07, 6.45) is 2.72. The van der Waals surface area contributed by atoms with Gasteiger partial charge in [-0.05, 0) is 48.2 Å².